The summed E-state index contributed by atoms with van der Waals surface area (Å²) >= 11 is 3.59. The summed E-state index contributed by atoms with van der Waals surface area (Å²) in [5.74, 6) is 6.81. The van der Waals surface area contributed by atoms with Gasteiger partial charge in [-0.05, 0) is 55.4 Å². The van der Waals surface area contributed by atoms with Crippen molar-refractivity contribution in [1.82, 2.24) is 5.43 Å². The van der Waals surface area contributed by atoms with E-state index in [2.05, 4.69) is 33.5 Å². The Morgan fingerprint density at radius 1 is 1.38 bits per heavy atom. The number of hydrogen-bond donors (Lipinski definition) is 2. The Kier molecular flexibility index (Phi) is 5.16. The molecule has 116 valence electrons. The lowest BCUT2D eigenvalue weighted by Crippen LogP contribution is -2.37. The number of ether oxygens (including phenoxy) is 2. The largest absolute Gasteiger partial charge is 0.493 e. The Hall–Kier alpha value is -0.620. The van der Waals surface area contributed by atoms with Crippen LogP contribution >= 0.6 is 15.9 Å². The molecule has 2 heterocycles. The smallest absolute Gasteiger partial charge is 0.125 e. The number of halogens is 1. The molecule has 3 N–H and O–H groups in total. The number of nitrogens with one attached hydrogen (secondary N) is 1. The lowest BCUT2D eigenvalue weighted by molar-refractivity contribution is 0.0995. The van der Waals surface area contributed by atoms with Gasteiger partial charge in [-0.3, -0.25) is 11.3 Å². The molecule has 0 radical (unpaired) electrons. The Labute approximate surface area is 134 Å². The summed E-state index contributed by atoms with van der Waals surface area (Å²) in [4.78, 5) is 0. The Morgan fingerprint density at radius 3 is 3.05 bits per heavy atom. The first kappa shape index (κ1) is 15.3. The summed E-state index contributed by atoms with van der Waals surface area (Å²) in [7, 11) is 0. The molecule has 2 unspecified atom stereocenters. The molecular formula is C16H23BrN2O2. The zero-order valence-corrected chi connectivity index (χ0v) is 13.8. The van der Waals surface area contributed by atoms with Gasteiger partial charge in [0.15, 0.2) is 0 Å². The highest BCUT2D eigenvalue weighted by molar-refractivity contribution is 9.10. The van der Waals surface area contributed by atoms with Crippen molar-refractivity contribution in [2.45, 2.75) is 50.7 Å². The van der Waals surface area contributed by atoms with Crippen LogP contribution in [-0.2, 0) is 17.6 Å². The third kappa shape index (κ3) is 3.77. The van der Waals surface area contributed by atoms with Crippen molar-refractivity contribution in [3.05, 3.63) is 27.7 Å². The Balaban J connectivity index is 1.63. The van der Waals surface area contributed by atoms with Crippen LogP contribution in [0.25, 0.3) is 0 Å². The van der Waals surface area contributed by atoms with E-state index in [0.29, 0.717) is 6.10 Å². The second kappa shape index (κ2) is 7.09. The Bertz CT molecular complexity index is 489. The van der Waals surface area contributed by atoms with Crippen molar-refractivity contribution < 1.29 is 9.47 Å². The van der Waals surface area contributed by atoms with Crippen LogP contribution in [0.2, 0.25) is 0 Å². The average molecular weight is 355 g/mol. The first-order valence-electron chi connectivity index (χ1n) is 7.78. The van der Waals surface area contributed by atoms with E-state index in [1.165, 1.54) is 24.0 Å². The maximum atomic E-state index is 5.79. The van der Waals surface area contributed by atoms with Crippen LogP contribution in [0, 0.1) is 0 Å². The third-order valence-electron chi connectivity index (χ3n) is 4.39. The van der Waals surface area contributed by atoms with E-state index in [9.17, 15) is 0 Å². The molecule has 0 spiro atoms. The van der Waals surface area contributed by atoms with E-state index in [1.54, 1.807) is 0 Å². The average Bonchev–Trinajstić information content (AvgIpc) is 3.13. The number of fused-ring (bicyclic) bond motifs is 1. The molecule has 0 bridgehead atoms. The fraction of sp³-hybridized carbons (Fsp3) is 0.625. The van der Waals surface area contributed by atoms with Gasteiger partial charge in [-0.1, -0.05) is 15.9 Å². The van der Waals surface area contributed by atoms with Crippen molar-refractivity contribution in [2.24, 2.45) is 5.84 Å². The molecule has 3 rings (SSSR count). The summed E-state index contributed by atoms with van der Waals surface area (Å²) in [6.45, 7) is 1.70. The van der Waals surface area contributed by atoms with Gasteiger partial charge in [-0.2, -0.15) is 0 Å². The third-order valence-corrected chi connectivity index (χ3v) is 4.85. The van der Waals surface area contributed by atoms with Crippen LogP contribution in [0.5, 0.6) is 5.75 Å². The molecule has 0 saturated carbocycles. The summed E-state index contributed by atoms with van der Waals surface area (Å²) in [6, 6.07) is 4.57. The van der Waals surface area contributed by atoms with Crippen LogP contribution < -0.4 is 16.0 Å². The maximum absolute atomic E-state index is 5.79. The van der Waals surface area contributed by atoms with Gasteiger partial charge in [-0.15, -0.1) is 0 Å². The molecule has 1 aromatic carbocycles. The van der Waals surface area contributed by atoms with Crippen LogP contribution in [0.1, 0.15) is 36.8 Å². The first-order valence-corrected chi connectivity index (χ1v) is 8.57. The van der Waals surface area contributed by atoms with Crippen LogP contribution in [0.15, 0.2) is 16.6 Å². The zero-order chi connectivity index (χ0) is 14.7. The molecule has 2 aliphatic heterocycles. The van der Waals surface area contributed by atoms with E-state index in [4.69, 9.17) is 15.3 Å². The van der Waals surface area contributed by atoms with Gasteiger partial charge in [-0.25, -0.2) is 0 Å². The molecule has 0 aromatic heterocycles. The molecule has 1 fully saturated rings. The second-order valence-corrected chi connectivity index (χ2v) is 6.85. The molecule has 5 heteroatoms. The maximum Gasteiger partial charge on any atom is 0.125 e. The van der Waals surface area contributed by atoms with Crippen LogP contribution in [-0.4, -0.2) is 25.4 Å². The molecule has 0 amide bonds. The number of nitrogens with two attached hydrogens (primary N) is 1. The minimum atomic E-state index is 0.261. The number of hydrazine groups is 1. The minimum absolute atomic E-state index is 0.261. The van der Waals surface area contributed by atoms with E-state index < -0.39 is 0 Å². The van der Waals surface area contributed by atoms with E-state index in [1.807, 2.05) is 0 Å². The fourth-order valence-corrected chi connectivity index (χ4v) is 3.82. The molecule has 2 atom stereocenters. The summed E-state index contributed by atoms with van der Waals surface area (Å²) in [6.07, 6.45) is 6.80. The van der Waals surface area contributed by atoms with Crippen molar-refractivity contribution in [3.63, 3.8) is 0 Å². The van der Waals surface area contributed by atoms with E-state index in [0.717, 1.165) is 49.1 Å². The topological polar surface area (TPSA) is 56.5 Å². The van der Waals surface area contributed by atoms with Gasteiger partial charge in [0.25, 0.3) is 0 Å². The normalized spacial score (nSPS) is 22.1. The predicted molar refractivity (Wildman–Crippen MR) is 86.4 cm³/mol. The van der Waals surface area contributed by atoms with Gasteiger partial charge in [0, 0.05) is 23.5 Å². The van der Waals surface area contributed by atoms with Crippen molar-refractivity contribution >= 4 is 15.9 Å². The molecule has 21 heavy (non-hydrogen) atoms. The van der Waals surface area contributed by atoms with Crippen molar-refractivity contribution in [3.8, 4) is 5.75 Å². The molecule has 2 aliphatic rings. The lowest BCUT2D eigenvalue weighted by atomic mass is 9.97. The quantitative estimate of drug-likeness (QED) is 0.609. The number of rotatable bonds is 6. The predicted octanol–water partition coefficient (Wildman–Crippen LogP) is 2.72. The highest BCUT2D eigenvalue weighted by Crippen LogP contribution is 2.34. The number of benzene rings is 1. The summed E-state index contributed by atoms with van der Waals surface area (Å²) in [5, 5.41) is 0. The summed E-state index contributed by atoms with van der Waals surface area (Å²) in [5.41, 5.74) is 5.50. The molecule has 0 aliphatic carbocycles. The van der Waals surface area contributed by atoms with Gasteiger partial charge in [0.1, 0.15) is 5.75 Å². The van der Waals surface area contributed by atoms with Gasteiger partial charge in [0.05, 0.1) is 12.7 Å². The Morgan fingerprint density at radius 2 is 2.29 bits per heavy atom. The molecule has 1 saturated heterocycles. The molecular weight excluding hydrogens is 332 g/mol. The fourth-order valence-electron chi connectivity index (χ4n) is 3.27. The van der Waals surface area contributed by atoms with Gasteiger partial charge < -0.3 is 9.47 Å². The lowest BCUT2D eigenvalue weighted by Gasteiger charge is -2.19. The van der Waals surface area contributed by atoms with Crippen molar-refractivity contribution in [2.75, 3.05) is 13.2 Å². The monoisotopic (exact) mass is 354 g/mol. The number of hydrogen-bond acceptors (Lipinski definition) is 4. The summed E-state index contributed by atoms with van der Waals surface area (Å²) < 4.78 is 12.6. The molecule has 1 aromatic rings. The SMILES string of the molecule is NNC(CCC1CCCO1)Cc1cc(Br)cc2c1OCC2. The van der Waals surface area contributed by atoms with Gasteiger partial charge >= 0.3 is 0 Å². The van der Waals surface area contributed by atoms with Crippen molar-refractivity contribution in [1.29, 1.82) is 0 Å². The van der Waals surface area contributed by atoms with Crippen LogP contribution in [0.4, 0.5) is 0 Å². The highest BCUT2D eigenvalue weighted by atomic mass is 79.9. The minimum Gasteiger partial charge on any atom is -0.493 e. The molecule has 4 nitrogen and oxygen atoms in total. The van der Waals surface area contributed by atoms with Crippen LogP contribution in [0.3, 0.4) is 0 Å². The standard InChI is InChI=1S/C16H23BrN2O2/c17-13-8-11-5-7-21-16(11)12(9-13)10-14(19-18)3-4-15-2-1-6-20-15/h8-9,14-15,19H,1-7,10,18H2. The van der Waals surface area contributed by atoms with Gasteiger partial charge in [0.2, 0.25) is 0 Å². The first-order chi connectivity index (χ1) is 10.3. The second-order valence-electron chi connectivity index (χ2n) is 5.93. The van der Waals surface area contributed by atoms with E-state index >= 15 is 0 Å². The zero-order valence-electron chi connectivity index (χ0n) is 12.2. The van der Waals surface area contributed by atoms with E-state index in [-0.39, 0.29) is 6.04 Å². The highest BCUT2D eigenvalue weighted by Gasteiger charge is 2.21.